The number of benzene rings is 1. The first kappa shape index (κ1) is 16.2. The fraction of sp³-hybridized carbons (Fsp3) is 0.600. The zero-order valence-electron chi connectivity index (χ0n) is 12.3. The molecule has 0 amide bonds. The maximum Gasteiger partial charge on any atom is 0.122 e. The van der Waals surface area contributed by atoms with Gasteiger partial charge in [0, 0.05) is 28.3 Å². The molecule has 0 aromatic heterocycles. The Hall–Kier alpha value is -0.870. The summed E-state index contributed by atoms with van der Waals surface area (Å²) in [5.41, 5.74) is 1.22. The van der Waals surface area contributed by atoms with E-state index < -0.39 is 10.8 Å². The smallest absolute Gasteiger partial charge is 0.122 e. The van der Waals surface area contributed by atoms with E-state index in [1.165, 1.54) is 5.56 Å². The summed E-state index contributed by atoms with van der Waals surface area (Å²) >= 11 is 0. The maximum absolute atomic E-state index is 11.3. The predicted octanol–water partition coefficient (Wildman–Crippen LogP) is 2.37. The van der Waals surface area contributed by atoms with E-state index in [1.807, 2.05) is 25.1 Å². The summed E-state index contributed by atoms with van der Waals surface area (Å²) in [5.74, 6) is 0.944. The van der Waals surface area contributed by atoms with Gasteiger partial charge in [0.15, 0.2) is 0 Å². The topological polar surface area (TPSA) is 38.3 Å². The van der Waals surface area contributed by atoms with Gasteiger partial charge < -0.3 is 10.1 Å². The van der Waals surface area contributed by atoms with E-state index in [-0.39, 0.29) is 5.25 Å². The fourth-order valence-electron chi connectivity index (χ4n) is 1.97. The van der Waals surface area contributed by atoms with Crippen molar-refractivity contribution in [2.45, 2.75) is 38.0 Å². The average molecular weight is 283 g/mol. The van der Waals surface area contributed by atoms with Crippen molar-refractivity contribution in [3.8, 4) is 5.75 Å². The van der Waals surface area contributed by atoms with Crippen molar-refractivity contribution in [2.75, 3.05) is 19.9 Å². The van der Waals surface area contributed by atoms with Crippen molar-refractivity contribution in [2.24, 2.45) is 0 Å². The van der Waals surface area contributed by atoms with Crippen molar-refractivity contribution in [1.82, 2.24) is 5.32 Å². The molecule has 3 nitrogen and oxygen atoms in total. The van der Waals surface area contributed by atoms with E-state index in [1.54, 1.807) is 13.4 Å². The van der Waals surface area contributed by atoms with Crippen molar-refractivity contribution >= 4 is 10.8 Å². The lowest BCUT2D eigenvalue weighted by atomic mass is 10.1. The zero-order chi connectivity index (χ0) is 14.3. The number of para-hydroxylation sites is 1. The first-order chi connectivity index (χ1) is 9.04. The van der Waals surface area contributed by atoms with Gasteiger partial charge in [-0.25, -0.2) is 0 Å². The van der Waals surface area contributed by atoms with Gasteiger partial charge in [-0.1, -0.05) is 25.1 Å². The lowest BCUT2D eigenvalue weighted by Gasteiger charge is -2.17. The second-order valence-electron chi connectivity index (χ2n) is 4.97. The molecule has 3 atom stereocenters. The molecule has 1 N–H and O–H groups in total. The molecule has 1 rings (SSSR count). The molecule has 0 aliphatic carbocycles. The molecule has 0 spiro atoms. The van der Waals surface area contributed by atoms with E-state index in [4.69, 9.17) is 4.74 Å². The molecule has 4 heteroatoms. The Bertz CT molecular complexity index is 409. The number of ether oxygens (including phenoxy) is 1. The van der Waals surface area contributed by atoms with Gasteiger partial charge in [0.2, 0.25) is 0 Å². The molecule has 0 aliphatic heterocycles. The summed E-state index contributed by atoms with van der Waals surface area (Å²) in [4.78, 5) is 0. The highest BCUT2D eigenvalue weighted by atomic mass is 32.2. The van der Waals surface area contributed by atoms with Gasteiger partial charge in [0.05, 0.1) is 7.11 Å². The summed E-state index contributed by atoms with van der Waals surface area (Å²) in [6.45, 7) is 5.10. The minimum atomic E-state index is -0.728. The van der Waals surface area contributed by atoms with Gasteiger partial charge in [0.25, 0.3) is 0 Å². The normalized spacial score (nSPS) is 15.8. The van der Waals surface area contributed by atoms with Crippen LogP contribution in [0.2, 0.25) is 0 Å². The highest BCUT2D eigenvalue weighted by Gasteiger charge is 2.09. The Balaban J connectivity index is 2.38. The maximum atomic E-state index is 11.3. The predicted molar refractivity (Wildman–Crippen MR) is 82.3 cm³/mol. The van der Waals surface area contributed by atoms with Crippen LogP contribution in [0.4, 0.5) is 0 Å². The number of hydrogen-bond donors (Lipinski definition) is 1. The summed E-state index contributed by atoms with van der Waals surface area (Å²) in [7, 11) is 0.975. The number of hydrogen-bond acceptors (Lipinski definition) is 3. The first-order valence-electron chi connectivity index (χ1n) is 6.72. The van der Waals surface area contributed by atoms with Gasteiger partial charge in [0.1, 0.15) is 5.75 Å². The molecule has 0 aliphatic rings. The third-order valence-electron chi connectivity index (χ3n) is 3.33. The minimum Gasteiger partial charge on any atom is -0.496 e. The summed E-state index contributed by atoms with van der Waals surface area (Å²) in [5, 5.41) is 3.73. The highest BCUT2D eigenvalue weighted by molar-refractivity contribution is 7.84. The van der Waals surface area contributed by atoms with Crippen molar-refractivity contribution in [1.29, 1.82) is 0 Å². The lowest BCUT2D eigenvalue weighted by molar-refractivity contribution is 0.406. The molecule has 3 unspecified atom stereocenters. The summed E-state index contributed by atoms with van der Waals surface area (Å²) in [6.07, 6.45) is 3.65. The monoisotopic (exact) mass is 283 g/mol. The van der Waals surface area contributed by atoms with Gasteiger partial charge in [-0.05, 0) is 37.9 Å². The number of methoxy groups -OCH3 is 1. The highest BCUT2D eigenvalue weighted by Crippen LogP contribution is 2.18. The van der Waals surface area contributed by atoms with E-state index >= 15 is 0 Å². The van der Waals surface area contributed by atoms with Crippen LogP contribution in [0.5, 0.6) is 5.75 Å². The molecule has 0 saturated heterocycles. The molecule has 1 aromatic rings. The van der Waals surface area contributed by atoms with Crippen molar-refractivity contribution in [3.05, 3.63) is 29.8 Å². The third kappa shape index (κ3) is 5.74. The number of rotatable bonds is 8. The average Bonchev–Trinajstić information content (AvgIpc) is 2.39. The SMILES string of the molecule is COc1ccccc1CC(C)NCCC(C)S(C)=O. The Kier molecular flexibility index (Phi) is 7.10. The minimum absolute atomic E-state index is 0.256. The van der Waals surface area contributed by atoms with E-state index in [0.717, 1.165) is 25.1 Å². The third-order valence-corrected chi connectivity index (χ3v) is 4.70. The van der Waals surface area contributed by atoms with Crippen LogP contribution in [0.3, 0.4) is 0 Å². The Morgan fingerprint density at radius 2 is 2.00 bits per heavy atom. The quantitative estimate of drug-likeness (QED) is 0.796. The lowest BCUT2D eigenvalue weighted by Crippen LogP contribution is -2.31. The van der Waals surface area contributed by atoms with E-state index in [0.29, 0.717) is 6.04 Å². The van der Waals surface area contributed by atoms with E-state index in [2.05, 4.69) is 18.3 Å². The summed E-state index contributed by atoms with van der Waals surface area (Å²) in [6, 6.07) is 8.49. The molecule has 0 radical (unpaired) electrons. The number of nitrogens with one attached hydrogen (secondary N) is 1. The Morgan fingerprint density at radius 3 is 2.63 bits per heavy atom. The molecule has 0 saturated carbocycles. The van der Waals surface area contributed by atoms with Gasteiger partial charge in [-0.2, -0.15) is 0 Å². The van der Waals surface area contributed by atoms with Crippen LogP contribution in [0.15, 0.2) is 24.3 Å². The molecule has 0 heterocycles. The second kappa shape index (κ2) is 8.33. The molecule has 108 valence electrons. The second-order valence-corrected chi connectivity index (χ2v) is 6.77. The molecule has 1 aromatic carbocycles. The van der Waals surface area contributed by atoms with Gasteiger partial charge >= 0.3 is 0 Å². The van der Waals surface area contributed by atoms with Crippen LogP contribution in [0, 0.1) is 0 Å². The molecular formula is C15H25NO2S. The fourth-order valence-corrected chi connectivity index (χ4v) is 2.42. The van der Waals surface area contributed by atoms with Crippen LogP contribution < -0.4 is 10.1 Å². The van der Waals surface area contributed by atoms with Crippen LogP contribution in [0.1, 0.15) is 25.8 Å². The van der Waals surface area contributed by atoms with Crippen LogP contribution in [-0.2, 0) is 17.2 Å². The van der Waals surface area contributed by atoms with Gasteiger partial charge in [-0.3, -0.25) is 4.21 Å². The zero-order valence-corrected chi connectivity index (χ0v) is 13.1. The van der Waals surface area contributed by atoms with Crippen LogP contribution in [-0.4, -0.2) is 35.4 Å². The molecule has 0 fully saturated rings. The van der Waals surface area contributed by atoms with Gasteiger partial charge in [-0.15, -0.1) is 0 Å². The van der Waals surface area contributed by atoms with Crippen LogP contribution >= 0.6 is 0 Å². The largest absolute Gasteiger partial charge is 0.496 e. The first-order valence-corrected chi connectivity index (χ1v) is 8.34. The molecule has 0 bridgehead atoms. The Labute approximate surface area is 119 Å². The Morgan fingerprint density at radius 1 is 1.32 bits per heavy atom. The van der Waals surface area contributed by atoms with Crippen molar-refractivity contribution in [3.63, 3.8) is 0 Å². The standard InChI is InChI=1S/C15H25NO2S/c1-12(16-10-9-13(2)19(4)17)11-14-7-5-6-8-15(14)18-3/h5-8,12-13,16H,9-11H2,1-4H3. The molecule has 19 heavy (non-hydrogen) atoms. The van der Waals surface area contributed by atoms with Crippen molar-refractivity contribution < 1.29 is 8.95 Å². The van der Waals surface area contributed by atoms with Crippen LogP contribution in [0.25, 0.3) is 0 Å². The van der Waals surface area contributed by atoms with E-state index in [9.17, 15) is 4.21 Å². The molecular weight excluding hydrogens is 258 g/mol. The summed E-state index contributed by atoms with van der Waals surface area (Å²) < 4.78 is 16.6.